The highest BCUT2D eigenvalue weighted by atomic mass is 35.5. The predicted molar refractivity (Wildman–Crippen MR) is 105 cm³/mol. The van der Waals surface area contributed by atoms with E-state index >= 15 is 0 Å². The van der Waals surface area contributed by atoms with Crippen LogP contribution in [-0.4, -0.2) is 44.5 Å². The Kier molecular flexibility index (Phi) is 5.41. The summed E-state index contributed by atoms with van der Waals surface area (Å²) in [5, 5.41) is 20.4. The van der Waals surface area contributed by atoms with E-state index < -0.39 is 5.82 Å². The first-order valence-electron chi connectivity index (χ1n) is 9.50. The highest BCUT2D eigenvalue weighted by molar-refractivity contribution is 6.31. The standard InChI is InChI=1S/C19H23ClFN5O2/c20-16-9-13(3-6-17(16)21)23-19(28)25-7-8-26-14(11-25)10-18(24-26)22-12-1-4-15(27)5-2-12/h3,6,9-10,12,15,27H,1-2,4-5,7-8,11H2,(H,22,24)(H,23,28)/t12-,15-. The van der Waals surface area contributed by atoms with E-state index in [2.05, 4.69) is 15.7 Å². The molecule has 28 heavy (non-hydrogen) atoms. The van der Waals surface area contributed by atoms with Gasteiger partial charge in [0.1, 0.15) is 11.6 Å². The van der Waals surface area contributed by atoms with Gasteiger partial charge in [-0.1, -0.05) is 11.6 Å². The maximum absolute atomic E-state index is 13.3. The van der Waals surface area contributed by atoms with Crippen molar-refractivity contribution >= 4 is 29.1 Å². The van der Waals surface area contributed by atoms with E-state index in [1.54, 1.807) is 4.90 Å². The van der Waals surface area contributed by atoms with Crippen LogP contribution < -0.4 is 10.6 Å². The van der Waals surface area contributed by atoms with Crippen LogP contribution in [0.15, 0.2) is 24.3 Å². The van der Waals surface area contributed by atoms with Gasteiger partial charge in [0.25, 0.3) is 0 Å². The van der Waals surface area contributed by atoms with E-state index in [1.807, 2.05) is 10.7 Å². The van der Waals surface area contributed by atoms with Crippen molar-refractivity contribution in [3.63, 3.8) is 0 Å². The molecule has 1 aliphatic carbocycles. The molecule has 2 aromatic rings. The summed E-state index contributed by atoms with van der Waals surface area (Å²) in [6.07, 6.45) is 3.30. The van der Waals surface area contributed by atoms with Crippen molar-refractivity contribution in [3.05, 3.63) is 40.8 Å². The van der Waals surface area contributed by atoms with E-state index in [4.69, 9.17) is 11.6 Å². The summed E-state index contributed by atoms with van der Waals surface area (Å²) < 4.78 is 15.2. The topological polar surface area (TPSA) is 82.4 Å². The molecule has 4 rings (SSSR count). The molecule has 1 saturated carbocycles. The number of hydrogen-bond acceptors (Lipinski definition) is 4. The zero-order chi connectivity index (χ0) is 19.7. The lowest BCUT2D eigenvalue weighted by Crippen LogP contribution is -2.40. The highest BCUT2D eigenvalue weighted by Gasteiger charge is 2.24. The number of benzene rings is 1. The van der Waals surface area contributed by atoms with Crippen LogP contribution in [0.4, 0.5) is 20.7 Å². The van der Waals surface area contributed by atoms with Crippen molar-refractivity contribution in [1.82, 2.24) is 14.7 Å². The molecule has 3 N–H and O–H groups in total. The Labute approximate surface area is 167 Å². The first-order chi connectivity index (χ1) is 13.5. The first kappa shape index (κ1) is 19.0. The van der Waals surface area contributed by atoms with Crippen LogP contribution in [0.3, 0.4) is 0 Å². The van der Waals surface area contributed by atoms with E-state index in [0.29, 0.717) is 31.4 Å². The van der Waals surface area contributed by atoms with Crippen LogP contribution in [0.25, 0.3) is 0 Å². The third-order valence-corrected chi connectivity index (χ3v) is 5.59. The van der Waals surface area contributed by atoms with Gasteiger partial charge in [-0.05, 0) is 43.9 Å². The molecule has 9 heteroatoms. The molecule has 2 heterocycles. The lowest BCUT2D eigenvalue weighted by molar-refractivity contribution is 0.126. The zero-order valence-corrected chi connectivity index (χ0v) is 16.1. The summed E-state index contributed by atoms with van der Waals surface area (Å²) in [5.41, 5.74) is 1.41. The molecule has 0 saturated heterocycles. The molecule has 150 valence electrons. The third kappa shape index (κ3) is 4.23. The molecule has 1 aromatic heterocycles. The van der Waals surface area contributed by atoms with Gasteiger partial charge in [0.05, 0.1) is 29.9 Å². The number of nitrogens with zero attached hydrogens (tertiary/aromatic N) is 3. The SMILES string of the molecule is O=C(Nc1ccc(F)c(Cl)c1)N1CCn2nc(N[C@H]3CC[C@H](O)CC3)cc2C1. The smallest absolute Gasteiger partial charge is 0.322 e. The number of carbonyl (C=O) groups excluding carboxylic acids is 1. The third-order valence-electron chi connectivity index (χ3n) is 5.30. The van der Waals surface area contributed by atoms with Crippen molar-refractivity contribution in [3.8, 4) is 0 Å². The molecule has 1 fully saturated rings. The maximum Gasteiger partial charge on any atom is 0.322 e. The van der Waals surface area contributed by atoms with Gasteiger partial charge in [0, 0.05) is 24.3 Å². The molecule has 0 radical (unpaired) electrons. The lowest BCUT2D eigenvalue weighted by atomic mass is 9.93. The summed E-state index contributed by atoms with van der Waals surface area (Å²) in [6.45, 7) is 1.58. The summed E-state index contributed by atoms with van der Waals surface area (Å²) in [6, 6.07) is 6.14. The molecule has 2 aliphatic rings. The Morgan fingerprint density at radius 2 is 2.00 bits per heavy atom. The van der Waals surface area contributed by atoms with Gasteiger partial charge in [-0.2, -0.15) is 5.10 Å². The van der Waals surface area contributed by atoms with Crippen LogP contribution in [0.1, 0.15) is 31.4 Å². The maximum atomic E-state index is 13.3. The van der Waals surface area contributed by atoms with Gasteiger partial charge in [-0.15, -0.1) is 0 Å². The van der Waals surface area contributed by atoms with Crippen molar-refractivity contribution in [1.29, 1.82) is 0 Å². The van der Waals surface area contributed by atoms with Crippen molar-refractivity contribution in [2.24, 2.45) is 0 Å². The molecular weight excluding hydrogens is 385 g/mol. The Hall–Kier alpha value is -2.32. The fourth-order valence-electron chi connectivity index (χ4n) is 3.72. The summed E-state index contributed by atoms with van der Waals surface area (Å²) in [7, 11) is 0. The Balaban J connectivity index is 1.37. The molecule has 0 spiro atoms. The molecule has 0 unspecified atom stereocenters. The van der Waals surface area contributed by atoms with Crippen LogP contribution in [-0.2, 0) is 13.1 Å². The minimum absolute atomic E-state index is 0.0273. The fraction of sp³-hybridized carbons (Fsp3) is 0.474. The highest BCUT2D eigenvalue weighted by Crippen LogP contribution is 2.24. The minimum Gasteiger partial charge on any atom is -0.393 e. The second kappa shape index (κ2) is 7.97. The van der Waals surface area contributed by atoms with Gasteiger partial charge in [-0.3, -0.25) is 4.68 Å². The number of nitrogens with one attached hydrogen (secondary N) is 2. The second-order valence-electron chi connectivity index (χ2n) is 7.37. The number of anilines is 2. The van der Waals surface area contributed by atoms with E-state index in [-0.39, 0.29) is 17.2 Å². The number of aliphatic hydroxyl groups is 1. The van der Waals surface area contributed by atoms with Gasteiger partial charge < -0.3 is 20.6 Å². The number of hydrogen-bond donors (Lipinski definition) is 3. The Morgan fingerprint density at radius 1 is 1.21 bits per heavy atom. The number of halogens is 2. The summed E-state index contributed by atoms with van der Waals surface area (Å²) in [5.74, 6) is 0.290. The molecule has 2 amide bonds. The van der Waals surface area contributed by atoms with E-state index in [0.717, 1.165) is 37.2 Å². The largest absolute Gasteiger partial charge is 0.393 e. The molecule has 0 bridgehead atoms. The normalized spacial score (nSPS) is 21.9. The quantitative estimate of drug-likeness (QED) is 0.727. The number of rotatable bonds is 3. The van der Waals surface area contributed by atoms with Crippen molar-refractivity contribution < 1.29 is 14.3 Å². The molecule has 1 aliphatic heterocycles. The number of urea groups is 1. The monoisotopic (exact) mass is 407 g/mol. The number of aliphatic hydroxyl groups excluding tert-OH is 1. The average molecular weight is 408 g/mol. The van der Waals surface area contributed by atoms with Crippen LogP contribution in [0.5, 0.6) is 0 Å². The number of carbonyl (C=O) groups is 1. The lowest BCUT2D eigenvalue weighted by Gasteiger charge is -2.27. The number of aromatic nitrogens is 2. The van der Waals surface area contributed by atoms with Gasteiger partial charge in [-0.25, -0.2) is 9.18 Å². The Bertz CT molecular complexity index is 866. The van der Waals surface area contributed by atoms with Crippen molar-refractivity contribution in [2.45, 2.75) is 50.9 Å². The minimum atomic E-state index is -0.519. The molecule has 0 atom stereocenters. The molecule has 7 nitrogen and oxygen atoms in total. The second-order valence-corrected chi connectivity index (χ2v) is 7.78. The van der Waals surface area contributed by atoms with Gasteiger partial charge >= 0.3 is 6.03 Å². The van der Waals surface area contributed by atoms with Crippen LogP contribution >= 0.6 is 11.6 Å². The van der Waals surface area contributed by atoms with Crippen LogP contribution in [0, 0.1) is 5.82 Å². The summed E-state index contributed by atoms with van der Waals surface area (Å²) in [4.78, 5) is 14.2. The molecule has 1 aromatic carbocycles. The predicted octanol–water partition coefficient (Wildman–Crippen LogP) is 3.44. The first-order valence-corrected chi connectivity index (χ1v) is 9.88. The number of fused-ring (bicyclic) bond motifs is 1. The van der Waals surface area contributed by atoms with Crippen molar-refractivity contribution in [2.75, 3.05) is 17.2 Å². The van der Waals surface area contributed by atoms with Crippen LogP contribution in [0.2, 0.25) is 5.02 Å². The van der Waals surface area contributed by atoms with Gasteiger partial charge in [0.2, 0.25) is 0 Å². The number of amides is 2. The van der Waals surface area contributed by atoms with Gasteiger partial charge in [0.15, 0.2) is 0 Å². The Morgan fingerprint density at radius 3 is 2.75 bits per heavy atom. The van der Waals surface area contributed by atoms with E-state index in [9.17, 15) is 14.3 Å². The average Bonchev–Trinajstić information content (AvgIpc) is 3.08. The fourth-order valence-corrected chi connectivity index (χ4v) is 3.90. The molecular formula is C19H23ClFN5O2. The summed E-state index contributed by atoms with van der Waals surface area (Å²) >= 11 is 5.77. The van der Waals surface area contributed by atoms with E-state index in [1.165, 1.54) is 18.2 Å². The zero-order valence-electron chi connectivity index (χ0n) is 15.4.